The second kappa shape index (κ2) is 2.72. The van der Waals surface area contributed by atoms with E-state index < -0.39 is 0 Å². The fourth-order valence-corrected chi connectivity index (χ4v) is 1.13. The number of hydrogen-bond donors (Lipinski definition) is 1. The topological polar surface area (TPSA) is 50.1 Å². The molecular formula is C9H5N3O. The van der Waals surface area contributed by atoms with Crippen molar-refractivity contribution in [2.75, 3.05) is 0 Å². The fourth-order valence-electron chi connectivity index (χ4n) is 1.13. The lowest BCUT2D eigenvalue weighted by Gasteiger charge is -1.94. The summed E-state index contributed by atoms with van der Waals surface area (Å²) in [4.78, 5) is 20.9. The monoisotopic (exact) mass is 171 g/mol. The van der Waals surface area contributed by atoms with E-state index in [0.29, 0.717) is 16.6 Å². The maximum absolute atomic E-state index is 11.2. The van der Waals surface area contributed by atoms with Crippen LogP contribution in [0.3, 0.4) is 0 Å². The Hall–Kier alpha value is -2.15. The third kappa shape index (κ3) is 1.16. The molecule has 0 aliphatic carbocycles. The second-order valence-corrected chi connectivity index (χ2v) is 2.54. The molecule has 2 aromatic rings. The van der Waals surface area contributed by atoms with Gasteiger partial charge in [0.1, 0.15) is 0 Å². The number of hydrogen-bond acceptors (Lipinski definition) is 2. The normalized spacial score (nSPS) is 9.77. The highest BCUT2D eigenvalue weighted by Gasteiger charge is 1.99. The average Bonchev–Trinajstić information content (AvgIpc) is 2.18. The highest BCUT2D eigenvalue weighted by Crippen LogP contribution is 2.15. The van der Waals surface area contributed by atoms with Crippen molar-refractivity contribution < 1.29 is 0 Å². The molecule has 1 heterocycles. The Bertz CT molecular complexity index is 551. The molecule has 0 saturated carbocycles. The molecule has 0 spiro atoms. The molecule has 0 aliphatic rings. The van der Waals surface area contributed by atoms with Crippen LogP contribution >= 0.6 is 0 Å². The molecule has 0 saturated heterocycles. The number of H-pyrrole nitrogens is 1. The van der Waals surface area contributed by atoms with E-state index in [1.54, 1.807) is 12.1 Å². The Kier molecular flexibility index (Phi) is 1.57. The van der Waals surface area contributed by atoms with Gasteiger partial charge in [-0.25, -0.2) is 9.83 Å². The molecule has 1 N–H and O–H groups in total. The van der Waals surface area contributed by atoms with Gasteiger partial charge in [-0.1, -0.05) is 6.07 Å². The minimum absolute atomic E-state index is 0.212. The summed E-state index contributed by atoms with van der Waals surface area (Å²) in [7, 11) is 0. The number of benzene rings is 1. The molecular weight excluding hydrogens is 166 g/mol. The zero-order chi connectivity index (χ0) is 9.26. The van der Waals surface area contributed by atoms with E-state index in [2.05, 4.69) is 14.8 Å². The van der Waals surface area contributed by atoms with E-state index in [1.165, 1.54) is 12.4 Å². The number of aromatic nitrogens is 2. The molecule has 0 atom stereocenters. The molecule has 0 unspecified atom stereocenters. The van der Waals surface area contributed by atoms with Gasteiger partial charge in [0, 0.05) is 0 Å². The number of aromatic amines is 1. The molecule has 62 valence electrons. The summed E-state index contributed by atoms with van der Waals surface area (Å²) in [6, 6.07) is 4.84. The van der Waals surface area contributed by atoms with E-state index in [9.17, 15) is 4.79 Å². The van der Waals surface area contributed by atoms with Gasteiger partial charge in [0.25, 0.3) is 5.56 Å². The quantitative estimate of drug-likeness (QED) is 0.610. The zero-order valence-corrected chi connectivity index (χ0v) is 6.61. The molecule has 0 radical (unpaired) electrons. The Morgan fingerprint density at radius 3 is 3.08 bits per heavy atom. The highest BCUT2D eigenvalue weighted by molar-refractivity contribution is 5.81. The minimum Gasteiger partial charge on any atom is -0.313 e. The number of fused-ring (bicyclic) bond motifs is 1. The second-order valence-electron chi connectivity index (χ2n) is 2.54. The SMILES string of the molecule is [C-]#[N+]c1ccc2nc[nH]c(=O)c2c1. The maximum atomic E-state index is 11.2. The predicted molar refractivity (Wildman–Crippen MR) is 48.6 cm³/mol. The first-order valence-electron chi connectivity index (χ1n) is 3.66. The lowest BCUT2D eigenvalue weighted by Crippen LogP contribution is -2.05. The van der Waals surface area contributed by atoms with Crippen LogP contribution in [-0.2, 0) is 0 Å². The maximum Gasteiger partial charge on any atom is 0.257 e. The summed E-state index contributed by atoms with van der Waals surface area (Å²) in [6.45, 7) is 6.78. The smallest absolute Gasteiger partial charge is 0.257 e. The lowest BCUT2D eigenvalue weighted by molar-refractivity contribution is 1.17. The molecule has 2 rings (SSSR count). The van der Waals surface area contributed by atoms with Crippen LogP contribution in [0, 0.1) is 6.57 Å². The van der Waals surface area contributed by atoms with Crippen molar-refractivity contribution in [2.24, 2.45) is 0 Å². The van der Waals surface area contributed by atoms with Crippen LogP contribution in [0.15, 0.2) is 29.3 Å². The van der Waals surface area contributed by atoms with Gasteiger partial charge in [-0.05, 0) is 12.1 Å². The molecule has 4 nitrogen and oxygen atoms in total. The Balaban J connectivity index is 2.92. The van der Waals surface area contributed by atoms with E-state index >= 15 is 0 Å². The largest absolute Gasteiger partial charge is 0.313 e. The van der Waals surface area contributed by atoms with Crippen molar-refractivity contribution in [3.05, 3.63) is 46.3 Å². The predicted octanol–water partition coefficient (Wildman–Crippen LogP) is 1.47. The minimum atomic E-state index is -0.212. The van der Waals surface area contributed by atoms with Crippen molar-refractivity contribution in [3.63, 3.8) is 0 Å². The summed E-state index contributed by atoms with van der Waals surface area (Å²) < 4.78 is 0. The van der Waals surface area contributed by atoms with Gasteiger partial charge >= 0.3 is 0 Å². The molecule has 13 heavy (non-hydrogen) atoms. The van der Waals surface area contributed by atoms with Gasteiger partial charge in [-0.15, -0.1) is 0 Å². The van der Waals surface area contributed by atoms with Gasteiger partial charge in [0.15, 0.2) is 5.69 Å². The molecule has 4 heteroatoms. The summed E-state index contributed by atoms with van der Waals surface area (Å²) in [6.07, 6.45) is 1.35. The first-order chi connectivity index (χ1) is 6.31. The average molecular weight is 171 g/mol. The summed E-state index contributed by atoms with van der Waals surface area (Å²) in [5.74, 6) is 0. The van der Waals surface area contributed by atoms with Gasteiger partial charge in [-0.3, -0.25) is 4.79 Å². The fraction of sp³-hybridized carbons (Fsp3) is 0. The van der Waals surface area contributed by atoms with Gasteiger partial charge in [0.2, 0.25) is 0 Å². The van der Waals surface area contributed by atoms with Crippen molar-refractivity contribution in [1.29, 1.82) is 0 Å². The van der Waals surface area contributed by atoms with Crippen molar-refractivity contribution in [2.45, 2.75) is 0 Å². The third-order valence-electron chi connectivity index (χ3n) is 1.75. The Labute approximate surface area is 73.7 Å². The molecule has 1 aromatic heterocycles. The Morgan fingerprint density at radius 1 is 1.46 bits per heavy atom. The van der Waals surface area contributed by atoms with Gasteiger partial charge in [0.05, 0.1) is 23.8 Å². The van der Waals surface area contributed by atoms with E-state index in [0.717, 1.165) is 0 Å². The molecule has 1 aromatic carbocycles. The number of rotatable bonds is 0. The van der Waals surface area contributed by atoms with Crippen LogP contribution in [0.4, 0.5) is 5.69 Å². The lowest BCUT2D eigenvalue weighted by atomic mass is 10.2. The molecule has 0 fully saturated rings. The van der Waals surface area contributed by atoms with Crippen LogP contribution in [0.1, 0.15) is 0 Å². The van der Waals surface area contributed by atoms with E-state index in [-0.39, 0.29) is 5.56 Å². The van der Waals surface area contributed by atoms with Crippen molar-refractivity contribution in [3.8, 4) is 0 Å². The van der Waals surface area contributed by atoms with Gasteiger partial charge < -0.3 is 4.98 Å². The highest BCUT2D eigenvalue weighted by atomic mass is 16.1. The molecule has 0 bridgehead atoms. The summed E-state index contributed by atoms with van der Waals surface area (Å²) >= 11 is 0. The van der Waals surface area contributed by atoms with E-state index in [1.807, 2.05) is 0 Å². The first-order valence-corrected chi connectivity index (χ1v) is 3.66. The van der Waals surface area contributed by atoms with Crippen molar-refractivity contribution in [1.82, 2.24) is 9.97 Å². The van der Waals surface area contributed by atoms with Gasteiger partial charge in [-0.2, -0.15) is 0 Å². The third-order valence-corrected chi connectivity index (χ3v) is 1.75. The number of nitrogens with one attached hydrogen (secondary N) is 1. The summed E-state index contributed by atoms with van der Waals surface area (Å²) in [5, 5.41) is 0.455. The standard InChI is InChI=1S/C9H5N3O/c1-10-6-2-3-8-7(4-6)9(13)12-5-11-8/h2-5H,(H,11,12,13). The van der Waals surface area contributed by atoms with Crippen LogP contribution in [0.25, 0.3) is 15.7 Å². The van der Waals surface area contributed by atoms with Crippen LogP contribution in [0.5, 0.6) is 0 Å². The molecule has 0 aliphatic heterocycles. The van der Waals surface area contributed by atoms with Crippen LogP contribution in [-0.4, -0.2) is 9.97 Å². The molecule has 0 amide bonds. The number of nitrogens with zero attached hydrogens (tertiary/aromatic N) is 2. The summed E-state index contributed by atoms with van der Waals surface area (Å²) in [5.41, 5.74) is 0.845. The van der Waals surface area contributed by atoms with Crippen LogP contribution in [0.2, 0.25) is 0 Å². The van der Waals surface area contributed by atoms with E-state index in [4.69, 9.17) is 6.57 Å². The first kappa shape index (κ1) is 7.50. The zero-order valence-electron chi connectivity index (χ0n) is 6.61. The van der Waals surface area contributed by atoms with Crippen LogP contribution < -0.4 is 5.56 Å². The Morgan fingerprint density at radius 2 is 2.31 bits per heavy atom. The van der Waals surface area contributed by atoms with Crippen molar-refractivity contribution >= 4 is 16.6 Å².